The molecule has 1 rings (SSSR count). The fraction of sp³-hybridized carbons (Fsp3) is 0.231. The Kier molecular flexibility index (Phi) is 4.44. The molecule has 2 N–H and O–H groups in total. The Bertz CT molecular complexity index is 374. The van der Waals surface area contributed by atoms with Crippen molar-refractivity contribution in [2.45, 2.75) is 20.3 Å². The van der Waals surface area contributed by atoms with E-state index in [1.165, 1.54) is 0 Å². The van der Waals surface area contributed by atoms with Crippen molar-refractivity contribution in [3.8, 4) is 0 Å². The lowest BCUT2D eigenvalue weighted by Gasteiger charge is -2.07. The zero-order valence-electron chi connectivity index (χ0n) is 9.13. The third-order valence-electron chi connectivity index (χ3n) is 2.18. The molecule has 0 bridgehead atoms. The molecule has 0 amide bonds. The van der Waals surface area contributed by atoms with Crippen LogP contribution in [-0.4, -0.2) is 0 Å². The summed E-state index contributed by atoms with van der Waals surface area (Å²) in [6.07, 6.45) is 4.98. The summed E-state index contributed by atoms with van der Waals surface area (Å²) in [5.74, 6) is 0. The van der Waals surface area contributed by atoms with Crippen molar-refractivity contribution in [1.29, 1.82) is 0 Å². The van der Waals surface area contributed by atoms with Crippen LogP contribution in [0.1, 0.15) is 25.8 Å². The molecule has 2 heteroatoms. The molecule has 0 saturated heterocycles. The highest BCUT2D eigenvalue weighted by Crippen LogP contribution is 2.21. The third-order valence-corrected chi connectivity index (χ3v) is 2.43. The predicted octanol–water partition coefficient (Wildman–Crippen LogP) is 4.00. The molecule has 0 heterocycles. The van der Waals surface area contributed by atoms with Crippen LogP contribution in [0.2, 0.25) is 5.02 Å². The van der Waals surface area contributed by atoms with E-state index in [0.717, 1.165) is 28.3 Å². The summed E-state index contributed by atoms with van der Waals surface area (Å²) >= 11 is 5.83. The van der Waals surface area contributed by atoms with Crippen molar-refractivity contribution in [3.63, 3.8) is 0 Å². The normalized spacial score (nSPS) is 13.0. The molecule has 1 nitrogen and oxygen atoms in total. The molecule has 0 radical (unpaired) electrons. The van der Waals surface area contributed by atoms with E-state index in [9.17, 15) is 0 Å². The van der Waals surface area contributed by atoms with Crippen LogP contribution >= 0.6 is 11.6 Å². The van der Waals surface area contributed by atoms with E-state index >= 15 is 0 Å². The van der Waals surface area contributed by atoms with Crippen LogP contribution in [-0.2, 0) is 0 Å². The van der Waals surface area contributed by atoms with Gasteiger partial charge < -0.3 is 5.73 Å². The largest absolute Gasteiger partial charge is 0.398 e. The first kappa shape index (κ1) is 11.9. The second-order valence-corrected chi connectivity index (χ2v) is 3.71. The van der Waals surface area contributed by atoms with Gasteiger partial charge >= 0.3 is 0 Å². The second kappa shape index (κ2) is 5.62. The van der Waals surface area contributed by atoms with Gasteiger partial charge in [-0.15, -0.1) is 0 Å². The fourth-order valence-corrected chi connectivity index (χ4v) is 1.59. The first-order valence-corrected chi connectivity index (χ1v) is 5.45. The van der Waals surface area contributed by atoms with Crippen LogP contribution in [0.15, 0.2) is 42.1 Å². The molecule has 0 atom stereocenters. The zero-order chi connectivity index (χ0) is 11.3. The molecule has 1 aromatic carbocycles. The van der Waals surface area contributed by atoms with Gasteiger partial charge in [-0.1, -0.05) is 42.8 Å². The Balaban J connectivity index is 3.04. The van der Waals surface area contributed by atoms with Gasteiger partial charge in [-0.25, -0.2) is 0 Å². The van der Waals surface area contributed by atoms with Crippen molar-refractivity contribution >= 4 is 17.2 Å². The average molecular weight is 222 g/mol. The maximum atomic E-state index is 5.97. The van der Waals surface area contributed by atoms with E-state index in [0.29, 0.717) is 0 Å². The highest BCUT2D eigenvalue weighted by molar-refractivity contribution is 6.30. The number of rotatable bonds is 3. The van der Waals surface area contributed by atoms with Gasteiger partial charge in [0.15, 0.2) is 0 Å². The van der Waals surface area contributed by atoms with Crippen molar-refractivity contribution in [2.24, 2.45) is 5.73 Å². The molecule has 0 saturated carbocycles. The molecule has 0 aliphatic heterocycles. The van der Waals surface area contributed by atoms with Crippen LogP contribution in [0.3, 0.4) is 0 Å². The van der Waals surface area contributed by atoms with Gasteiger partial charge in [0, 0.05) is 16.3 Å². The minimum absolute atomic E-state index is 0.743. The Morgan fingerprint density at radius 2 is 1.93 bits per heavy atom. The van der Waals surface area contributed by atoms with Crippen LogP contribution in [0.25, 0.3) is 5.57 Å². The zero-order valence-corrected chi connectivity index (χ0v) is 9.88. The van der Waals surface area contributed by atoms with Gasteiger partial charge in [-0.2, -0.15) is 0 Å². The smallest absolute Gasteiger partial charge is 0.0406 e. The minimum Gasteiger partial charge on any atom is -0.398 e. The standard InChI is InChI=1S/C13H16ClN/c1-3-5-13(15)12(4-2)10-6-8-11(14)9-7-10/h4-9H,3,15H2,1-2H3/b12-4-,13-5+. The molecule has 0 unspecified atom stereocenters. The summed E-state index contributed by atoms with van der Waals surface area (Å²) in [6, 6.07) is 7.71. The summed E-state index contributed by atoms with van der Waals surface area (Å²) < 4.78 is 0. The maximum absolute atomic E-state index is 5.97. The molecular weight excluding hydrogens is 206 g/mol. The monoisotopic (exact) mass is 221 g/mol. The lowest BCUT2D eigenvalue weighted by molar-refractivity contribution is 1.19. The summed E-state index contributed by atoms with van der Waals surface area (Å²) in [4.78, 5) is 0. The number of benzene rings is 1. The van der Waals surface area contributed by atoms with Gasteiger partial charge in [0.25, 0.3) is 0 Å². The van der Waals surface area contributed by atoms with Crippen molar-refractivity contribution in [2.75, 3.05) is 0 Å². The molecule has 15 heavy (non-hydrogen) atoms. The fourth-order valence-electron chi connectivity index (χ4n) is 1.46. The highest BCUT2D eigenvalue weighted by Gasteiger charge is 2.02. The first-order chi connectivity index (χ1) is 7.19. The van der Waals surface area contributed by atoms with E-state index in [4.69, 9.17) is 17.3 Å². The van der Waals surface area contributed by atoms with E-state index in [1.54, 1.807) is 0 Å². The van der Waals surface area contributed by atoms with Gasteiger partial charge in [0.1, 0.15) is 0 Å². The quantitative estimate of drug-likeness (QED) is 0.768. The molecule has 0 aromatic heterocycles. The van der Waals surface area contributed by atoms with E-state index in [2.05, 4.69) is 6.92 Å². The Morgan fingerprint density at radius 3 is 2.40 bits per heavy atom. The number of allylic oxidation sites excluding steroid dienone is 3. The van der Waals surface area contributed by atoms with Crippen LogP contribution in [0.5, 0.6) is 0 Å². The third kappa shape index (κ3) is 3.14. The predicted molar refractivity (Wildman–Crippen MR) is 67.7 cm³/mol. The van der Waals surface area contributed by atoms with E-state index in [-0.39, 0.29) is 0 Å². The van der Waals surface area contributed by atoms with E-state index < -0.39 is 0 Å². The number of hydrogen-bond donors (Lipinski definition) is 1. The van der Waals surface area contributed by atoms with Gasteiger partial charge in [0.05, 0.1) is 0 Å². The molecule has 0 spiro atoms. The Labute approximate surface area is 96.2 Å². The lowest BCUT2D eigenvalue weighted by Crippen LogP contribution is -2.00. The van der Waals surface area contributed by atoms with Gasteiger partial charge in [0.2, 0.25) is 0 Å². The second-order valence-electron chi connectivity index (χ2n) is 3.28. The van der Waals surface area contributed by atoms with Gasteiger partial charge in [-0.05, 0) is 31.0 Å². The van der Waals surface area contributed by atoms with Crippen molar-refractivity contribution in [3.05, 3.63) is 52.7 Å². The average Bonchev–Trinajstić information content (AvgIpc) is 2.22. The molecule has 0 aliphatic rings. The molecule has 1 aromatic rings. The highest BCUT2D eigenvalue weighted by atomic mass is 35.5. The van der Waals surface area contributed by atoms with Crippen LogP contribution < -0.4 is 5.73 Å². The molecule has 80 valence electrons. The number of nitrogens with two attached hydrogens (primary N) is 1. The van der Waals surface area contributed by atoms with Gasteiger partial charge in [-0.3, -0.25) is 0 Å². The number of hydrogen-bond acceptors (Lipinski definition) is 1. The van der Waals surface area contributed by atoms with Crippen molar-refractivity contribution < 1.29 is 0 Å². The maximum Gasteiger partial charge on any atom is 0.0406 e. The van der Waals surface area contributed by atoms with Crippen LogP contribution in [0, 0.1) is 0 Å². The molecule has 0 fully saturated rings. The Hall–Kier alpha value is -1.21. The lowest BCUT2D eigenvalue weighted by atomic mass is 10.0. The number of halogens is 1. The minimum atomic E-state index is 0.743. The summed E-state index contributed by atoms with van der Waals surface area (Å²) in [6.45, 7) is 4.06. The molecule has 0 aliphatic carbocycles. The SMILES string of the molecule is C/C=C(\C(N)=C/CC)c1ccc(Cl)cc1. The summed E-state index contributed by atoms with van der Waals surface area (Å²) in [5.41, 5.74) is 8.95. The first-order valence-electron chi connectivity index (χ1n) is 5.07. The topological polar surface area (TPSA) is 26.0 Å². The molecular formula is C13H16ClN. The Morgan fingerprint density at radius 1 is 1.33 bits per heavy atom. The van der Waals surface area contributed by atoms with E-state index in [1.807, 2.05) is 43.3 Å². The van der Waals surface area contributed by atoms with Crippen LogP contribution in [0.4, 0.5) is 0 Å². The summed E-state index contributed by atoms with van der Waals surface area (Å²) in [5, 5.41) is 0.743. The van der Waals surface area contributed by atoms with Crippen molar-refractivity contribution in [1.82, 2.24) is 0 Å². The summed E-state index contributed by atoms with van der Waals surface area (Å²) in [7, 11) is 0.